The van der Waals surface area contributed by atoms with Gasteiger partial charge in [0.2, 0.25) is 0 Å². The van der Waals surface area contributed by atoms with Gasteiger partial charge in [-0.15, -0.1) is 0 Å². The molecule has 0 aromatic rings. The molecule has 11 heavy (non-hydrogen) atoms. The molecule has 2 atom stereocenters. The quantitative estimate of drug-likeness (QED) is 0.441. The molecule has 1 aliphatic rings. The summed E-state index contributed by atoms with van der Waals surface area (Å²) in [4.78, 5) is 0. The molecule has 1 aliphatic carbocycles. The smallest absolute Gasteiger partial charge is 0.0968 e. The molecule has 0 aliphatic heterocycles. The Bertz CT molecular complexity index is 165. The summed E-state index contributed by atoms with van der Waals surface area (Å²) in [6.07, 6.45) is 4.88. The molecule has 1 rings (SSSR count). The molecule has 0 heterocycles. The number of nitrogens with one attached hydrogen (secondary N) is 1. The van der Waals surface area contributed by atoms with E-state index >= 15 is 0 Å². The van der Waals surface area contributed by atoms with Crippen LogP contribution in [0, 0.1) is 16.7 Å². The van der Waals surface area contributed by atoms with Crippen LogP contribution in [0.4, 0.5) is 0 Å². The first-order chi connectivity index (χ1) is 5.07. The van der Waals surface area contributed by atoms with E-state index in [1.165, 1.54) is 19.3 Å². The third-order valence-corrected chi connectivity index (χ3v) is 3.29. The van der Waals surface area contributed by atoms with Gasteiger partial charge in [0, 0.05) is 5.41 Å². The van der Waals surface area contributed by atoms with Crippen molar-refractivity contribution in [2.45, 2.75) is 39.5 Å². The van der Waals surface area contributed by atoms with Gasteiger partial charge in [-0.25, -0.2) is 0 Å². The van der Waals surface area contributed by atoms with E-state index in [9.17, 15) is 0 Å². The summed E-state index contributed by atoms with van der Waals surface area (Å²) in [7, 11) is 0. The summed E-state index contributed by atoms with van der Waals surface area (Å²) >= 11 is 0. The van der Waals surface area contributed by atoms with Crippen molar-refractivity contribution in [3.63, 3.8) is 0 Å². The van der Waals surface area contributed by atoms with E-state index in [0.29, 0.717) is 11.8 Å². The van der Waals surface area contributed by atoms with Gasteiger partial charge < -0.3 is 5.73 Å². The topological polar surface area (TPSA) is 49.9 Å². The molecule has 0 amide bonds. The molecule has 0 aromatic heterocycles. The average molecular weight is 154 g/mol. The van der Waals surface area contributed by atoms with E-state index in [2.05, 4.69) is 13.8 Å². The van der Waals surface area contributed by atoms with Crippen molar-refractivity contribution in [1.29, 1.82) is 5.41 Å². The van der Waals surface area contributed by atoms with Crippen molar-refractivity contribution in [2.24, 2.45) is 17.1 Å². The summed E-state index contributed by atoms with van der Waals surface area (Å²) in [5.41, 5.74) is 5.57. The molecule has 2 unspecified atom stereocenters. The fourth-order valence-corrected chi connectivity index (χ4v) is 1.91. The molecule has 0 aromatic carbocycles. The summed E-state index contributed by atoms with van der Waals surface area (Å²) in [6.45, 7) is 4.33. The minimum Gasteiger partial charge on any atom is -0.387 e. The largest absolute Gasteiger partial charge is 0.387 e. The lowest BCUT2D eigenvalue weighted by atomic mass is 9.68. The van der Waals surface area contributed by atoms with Crippen LogP contribution in [0.2, 0.25) is 0 Å². The molecule has 2 heteroatoms. The van der Waals surface area contributed by atoms with Crippen LogP contribution in [0.1, 0.15) is 39.5 Å². The highest BCUT2D eigenvalue weighted by molar-refractivity contribution is 5.83. The Labute approximate surface area is 68.7 Å². The standard InChI is InChI=1S/C9H18N2/c1-7-5-3-4-6-9(7,2)8(10)11/h7H,3-6H2,1-2H3,(H3,10,11). The molecule has 2 nitrogen and oxygen atoms in total. The number of nitrogens with two attached hydrogens (primary N) is 1. The van der Waals surface area contributed by atoms with Crippen molar-refractivity contribution >= 4 is 5.84 Å². The average Bonchev–Trinajstić information content (AvgIpc) is 1.95. The van der Waals surface area contributed by atoms with Gasteiger partial charge >= 0.3 is 0 Å². The molecular weight excluding hydrogens is 136 g/mol. The van der Waals surface area contributed by atoms with E-state index < -0.39 is 0 Å². The first kappa shape index (κ1) is 8.57. The Kier molecular flexibility index (Phi) is 2.21. The van der Waals surface area contributed by atoms with Gasteiger partial charge in [-0.2, -0.15) is 0 Å². The molecular formula is C9H18N2. The Morgan fingerprint density at radius 1 is 1.55 bits per heavy atom. The van der Waals surface area contributed by atoms with Crippen LogP contribution in [0.25, 0.3) is 0 Å². The minimum atomic E-state index is -0.00174. The van der Waals surface area contributed by atoms with Gasteiger partial charge in [-0.1, -0.05) is 26.7 Å². The molecule has 1 saturated carbocycles. The predicted molar refractivity (Wildman–Crippen MR) is 47.7 cm³/mol. The van der Waals surface area contributed by atoms with Crippen molar-refractivity contribution in [2.75, 3.05) is 0 Å². The van der Waals surface area contributed by atoms with Gasteiger partial charge in [-0.3, -0.25) is 5.41 Å². The van der Waals surface area contributed by atoms with E-state index in [1.54, 1.807) is 0 Å². The van der Waals surface area contributed by atoms with Crippen molar-refractivity contribution in [1.82, 2.24) is 0 Å². The second kappa shape index (κ2) is 2.84. The monoisotopic (exact) mass is 154 g/mol. The van der Waals surface area contributed by atoms with Crippen LogP contribution in [0.15, 0.2) is 0 Å². The lowest BCUT2D eigenvalue weighted by Crippen LogP contribution is -2.41. The summed E-state index contributed by atoms with van der Waals surface area (Å²) in [5, 5.41) is 7.49. The maximum absolute atomic E-state index is 7.49. The Morgan fingerprint density at radius 3 is 2.55 bits per heavy atom. The number of hydrogen-bond donors (Lipinski definition) is 2. The third-order valence-electron chi connectivity index (χ3n) is 3.29. The normalized spacial score (nSPS) is 38.5. The SMILES string of the molecule is CC1CCCCC1(C)C(=N)N. The highest BCUT2D eigenvalue weighted by Gasteiger charge is 2.36. The van der Waals surface area contributed by atoms with E-state index in [0.717, 1.165) is 6.42 Å². The maximum atomic E-state index is 7.49. The molecule has 0 bridgehead atoms. The Balaban J connectivity index is 2.72. The van der Waals surface area contributed by atoms with E-state index in [1.807, 2.05) is 0 Å². The molecule has 3 N–H and O–H groups in total. The zero-order valence-electron chi connectivity index (χ0n) is 7.48. The van der Waals surface area contributed by atoms with Crippen LogP contribution < -0.4 is 5.73 Å². The number of hydrogen-bond acceptors (Lipinski definition) is 1. The highest BCUT2D eigenvalue weighted by Crippen LogP contribution is 2.40. The van der Waals surface area contributed by atoms with E-state index in [-0.39, 0.29) is 5.41 Å². The Morgan fingerprint density at radius 2 is 2.18 bits per heavy atom. The second-order valence-corrected chi connectivity index (χ2v) is 3.98. The molecule has 0 saturated heterocycles. The fourth-order valence-electron chi connectivity index (χ4n) is 1.91. The molecule has 1 fully saturated rings. The molecule has 64 valence electrons. The molecule has 0 spiro atoms. The van der Waals surface area contributed by atoms with Crippen LogP contribution in [0.3, 0.4) is 0 Å². The van der Waals surface area contributed by atoms with Crippen molar-refractivity contribution < 1.29 is 0 Å². The lowest BCUT2D eigenvalue weighted by Gasteiger charge is -2.38. The van der Waals surface area contributed by atoms with Gasteiger partial charge in [-0.05, 0) is 18.8 Å². The predicted octanol–water partition coefficient (Wildman–Crippen LogP) is 2.14. The third kappa shape index (κ3) is 1.39. The number of rotatable bonds is 1. The Hall–Kier alpha value is -0.530. The second-order valence-electron chi connectivity index (χ2n) is 3.98. The summed E-state index contributed by atoms with van der Waals surface area (Å²) in [5.74, 6) is 0.971. The minimum absolute atomic E-state index is 0.00174. The van der Waals surface area contributed by atoms with Crippen molar-refractivity contribution in [3.05, 3.63) is 0 Å². The van der Waals surface area contributed by atoms with Gasteiger partial charge in [0.25, 0.3) is 0 Å². The first-order valence-corrected chi connectivity index (χ1v) is 4.42. The summed E-state index contributed by atoms with van der Waals surface area (Å²) < 4.78 is 0. The van der Waals surface area contributed by atoms with Gasteiger partial charge in [0.05, 0.1) is 5.84 Å². The van der Waals surface area contributed by atoms with Gasteiger partial charge in [0.15, 0.2) is 0 Å². The van der Waals surface area contributed by atoms with Crippen LogP contribution in [-0.4, -0.2) is 5.84 Å². The van der Waals surface area contributed by atoms with E-state index in [4.69, 9.17) is 11.1 Å². The zero-order chi connectivity index (χ0) is 8.48. The maximum Gasteiger partial charge on any atom is 0.0968 e. The van der Waals surface area contributed by atoms with Crippen LogP contribution in [-0.2, 0) is 0 Å². The lowest BCUT2D eigenvalue weighted by molar-refractivity contribution is 0.209. The summed E-state index contributed by atoms with van der Waals surface area (Å²) in [6, 6.07) is 0. The van der Waals surface area contributed by atoms with Crippen LogP contribution >= 0.6 is 0 Å². The fraction of sp³-hybridized carbons (Fsp3) is 0.889. The van der Waals surface area contributed by atoms with Gasteiger partial charge in [0.1, 0.15) is 0 Å². The number of amidine groups is 1. The zero-order valence-corrected chi connectivity index (χ0v) is 7.48. The first-order valence-electron chi connectivity index (χ1n) is 4.42. The molecule has 0 radical (unpaired) electrons. The van der Waals surface area contributed by atoms with Crippen molar-refractivity contribution in [3.8, 4) is 0 Å². The highest BCUT2D eigenvalue weighted by atomic mass is 14.8. The van der Waals surface area contributed by atoms with Crippen LogP contribution in [0.5, 0.6) is 0 Å².